The molecule has 128 valence electrons. The van der Waals surface area contributed by atoms with Crippen LogP contribution in [0.4, 0.5) is 4.79 Å². The smallest absolute Gasteiger partial charge is 0.407 e. The van der Waals surface area contributed by atoms with E-state index < -0.39 is 11.7 Å². The monoisotopic (exact) mass is 320 g/mol. The van der Waals surface area contributed by atoms with E-state index in [0.29, 0.717) is 19.5 Å². The van der Waals surface area contributed by atoms with Crippen LogP contribution in [-0.4, -0.2) is 30.7 Å². The van der Waals surface area contributed by atoms with Gasteiger partial charge in [0.1, 0.15) is 5.60 Å². The molecule has 0 fully saturated rings. The van der Waals surface area contributed by atoms with Crippen LogP contribution in [0.5, 0.6) is 0 Å². The van der Waals surface area contributed by atoms with E-state index in [1.54, 1.807) is 0 Å². The normalized spacial score (nSPS) is 11.0. The van der Waals surface area contributed by atoms with Crippen molar-refractivity contribution in [1.82, 2.24) is 10.6 Å². The van der Waals surface area contributed by atoms with Gasteiger partial charge >= 0.3 is 6.09 Å². The maximum atomic E-state index is 11.8. The number of aryl methyl sites for hydroxylation is 1. The molecule has 1 aromatic rings. The van der Waals surface area contributed by atoms with Crippen LogP contribution in [0.2, 0.25) is 0 Å². The maximum Gasteiger partial charge on any atom is 0.407 e. The lowest BCUT2D eigenvalue weighted by Crippen LogP contribution is -2.33. The predicted octanol–water partition coefficient (Wildman–Crippen LogP) is 2.96. The lowest BCUT2D eigenvalue weighted by molar-refractivity contribution is -0.120. The number of nitrogens with one attached hydrogen (secondary N) is 2. The molecule has 0 radical (unpaired) electrons. The number of benzene rings is 1. The Morgan fingerprint density at radius 1 is 1.09 bits per heavy atom. The van der Waals surface area contributed by atoms with E-state index in [1.807, 2.05) is 52.0 Å². The fraction of sp³-hybridized carbons (Fsp3) is 0.556. The number of hydrogen-bond acceptors (Lipinski definition) is 3. The number of amides is 2. The molecule has 0 unspecified atom stereocenters. The van der Waals surface area contributed by atoms with Crippen molar-refractivity contribution in [2.45, 2.75) is 52.6 Å². The van der Waals surface area contributed by atoms with Gasteiger partial charge in [0, 0.05) is 13.1 Å². The first-order chi connectivity index (χ1) is 10.8. The summed E-state index contributed by atoms with van der Waals surface area (Å²) in [5, 5.41) is 5.59. The minimum absolute atomic E-state index is 0.0238. The van der Waals surface area contributed by atoms with Crippen LogP contribution in [0.3, 0.4) is 0 Å². The van der Waals surface area contributed by atoms with Crippen LogP contribution >= 0.6 is 0 Å². The molecule has 2 N–H and O–H groups in total. The standard InChI is InChI=1S/C18H28N2O3/c1-14-8-7-9-15(12-14)13-16(21)19-10-5-6-11-20-17(22)23-18(2,3)4/h7-9,12H,5-6,10-11,13H2,1-4H3,(H,19,21)(H,20,22). The Balaban J connectivity index is 2.09. The van der Waals surface area contributed by atoms with Gasteiger partial charge in [0.2, 0.25) is 5.91 Å². The number of hydrogen-bond donors (Lipinski definition) is 2. The molecule has 0 atom stereocenters. The van der Waals surface area contributed by atoms with Gasteiger partial charge in [-0.1, -0.05) is 29.8 Å². The topological polar surface area (TPSA) is 67.4 Å². The van der Waals surface area contributed by atoms with Crippen molar-refractivity contribution in [3.63, 3.8) is 0 Å². The van der Waals surface area contributed by atoms with Crippen molar-refractivity contribution >= 4 is 12.0 Å². The second kappa shape index (κ2) is 9.18. The van der Waals surface area contributed by atoms with Gasteiger partial charge in [0.25, 0.3) is 0 Å². The van der Waals surface area contributed by atoms with E-state index in [9.17, 15) is 9.59 Å². The minimum atomic E-state index is -0.478. The van der Waals surface area contributed by atoms with Crippen molar-refractivity contribution in [1.29, 1.82) is 0 Å². The van der Waals surface area contributed by atoms with E-state index in [1.165, 1.54) is 0 Å². The Morgan fingerprint density at radius 2 is 1.74 bits per heavy atom. The number of unbranched alkanes of at least 4 members (excludes halogenated alkanes) is 1. The average molecular weight is 320 g/mol. The second-order valence-corrected chi connectivity index (χ2v) is 6.65. The van der Waals surface area contributed by atoms with Gasteiger partial charge in [-0.2, -0.15) is 0 Å². The van der Waals surface area contributed by atoms with Gasteiger partial charge in [-0.15, -0.1) is 0 Å². The van der Waals surface area contributed by atoms with Crippen molar-refractivity contribution in [3.8, 4) is 0 Å². The van der Waals surface area contributed by atoms with Crippen LogP contribution in [0.25, 0.3) is 0 Å². The van der Waals surface area contributed by atoms with Gasteiger partial charge in [-0.25, -0.2) is 4.79 Å². The molecule has 0 bridgehead atoms. The largest absolute Gasteiger partial charge is 0.444 e. The van der Waals surface area contributed by atoms with Gasteiger partial charge < -0.3 is 15.4 Å². The van der Waals surface area contributed by atoms with Crippen LogP contribution < -0.4 is 10.6 Å². The highest BCUT2D eigenvalue weighted by molar-refractivity contribution is 5.78. The maximum absolute atomic E-state index is 11.8. The van der Waals surface area contributed by atoms with Crippen molar-refractivity contribution in [2.24, 2.45) is 0 Å². The Kier molecular flexibility index (Phi) is 7.59. The number of alkyl carbamates (subject to hydrolysis) is 1. The highest BCUT2D eigenvalue weighted by Gasteiger charge is 2.15. The van der Waals surface area contributed by atoms with Crippen LogP contribution in [0, 0.1) is 6.92 Å². The lowest BCUT2D eigenvalue weighted by atomic mass is 10.1. The summed E-state index contributed by atoms with van der Waals surface area (Å²) in [6.45, 7) is 8.66. The van der Waals surface area contributed by atoms with Gasteiger partial charge in [0.15, 0.2) is 0 Å². The molecule has 5 heteroatoms. The van der Waals surface area contributed by atoms with E-state index in [0.717, 1.165) is 24.0 Å². The molecule has 0 aliphatic carbocycles. The Hall–Kier alpha value is -2.04. The number of ether oxygens (including phenoxy) is 1. The first-order valence-corrected chi connectivity index (χ1v) is 8.05. The zero-order chi connectivity index (χ0) is 17.3. The first-order valence-electron chi connectivity index (χ1n) is 8.05. The molecule has 0 saturated carbocycles. The number of rotatable bonds is 7. The van der Waals surface area contributed by atoms with E-state index in [4.69, 9.17) is 4.74 Å². The number of carbonyl (C=O) groups excluding carboxylic acids is 2. The van der Waals surface area contributed by atoms with Crippen molar-refractivity contribution < 1.29 is 14.3 Å². The Bertz CT molecular complexity index is 521. The molecule has 0 saturated heterocycles. The third-order valence-electron chi connectivity index (χ3n) is 3.04. The zero-order valence-corrected chi connectivity index (χ0v) is 14.6. The molecule has 0 aliphatic rings. The molecule has 0 heterocycles. The molecule has 5 nitrogen and oxygen atoms in total. The summed E-state index contributed by atoms with van der Waals surface area (Å²) in [4.78, 5) is 23.2. The fourth-order valence-corrected chi connectivity index (χ4v) is 2.05. The third kappa shape index (κ3) is 9.55. The zero-order valence-electron chi connectivity index (χ0n) is 14.6. The predicted molar refractivity (Wildman–Crippen MR) is 91.4 cm³/mol. The van der Waals surface area contributed by atoms with E-state index in [2.05, 4.69) is 10.6 Å². The van der Waals surface area contributed by atoms with Gasteiger partial charge in [-0.3, -0.25) is 4.79 Å². The lowest BCUT2D eigenvalue weighted by Gasteiger charge is -2.19. The summed E-state index contributed by atoms with van der Waals surface area (Å²) in [7, 11) is 0. The highest BCUT2D eigenvalue weighted by Crippen LogP contribution is 2.06. The quantitative estimate of drug-likeness (QED) is 0.759. The summed E-state index contributed by atoms with van der Waals surface area (Å²) >= 11 is 0. The molecular formula is C18H28N2O3. The molecule has 0 aliphatic heterocycles. The fourth-order valence-electron chi connectivity index (χ4n) is 2.05. The van der Waals surface area contributed by atoms with Gasteiger partial charge in [0.05, 0.1) is 6.42 Å². The Labute approximate surface area is 138 Å². The summed E-state index contributed by atoms with van der Waals surface area (Å²) < 4.78 is 5.14. The van der Waals surface area contributed by atoms with Crippen molar-refractivity contribution in [2.75, 3.05) is 13.1 Å². The van der Waals surface area contributed by atoms with Crippen LogP contribution in [0.15, 0.2) is 24.3 Å². The van der Waals surface area contributed by atoms with Crippen LogP contribution in [0.1, 0.15) is 44.7 Å². The summed E-state index contributed by atoms with van der Waals surface area (Å²) in [6, 6.07) is 7.95. The summed E-state index contributed by atoms with van der Waals surface area (Å²) in [6.07, 6.45) is 1.61. The summed E-state index contributed by atoms with van der Waals surface area (Å²) in [5.41, 5.74) is 1.70. The molecule has 23 heavy (non-hydrogen) atoms. The van der Waals surface area contributed by atoms with E-state index >= 15 is 0 Å². The Morgan fingerprint density at radius 3 is 2.35 bits per heavy atom. The summed E-state index contributed by atoms with van der Waals surface area (Å²) in [5.74, 6) is 0.0238. The molecule has 1 aromatic carbocycles. The first kappa shape index (κ1) is 19.0. The molecular weight excluding hydrogens is 292 g/mol. The average Bonchev–Trinajstić information content (AvgIpc) is 2.40. The molecule has 1 rings (SSSR count). The van der Waals surface area contributed by atoms with Crippen LogP contribution in [-0.2, 0) is 16.0 Å². The highest BCUT2D eigenvalue weighted by atomic mass is 16.6. The van der Waals surface area contributed by atoms with E-state index in [-0.39, 0.29) is 5.91 Å². The SMILES string of the molecule is Cc1cccc(CC(=O)NCCCCNC(=O)OC(C)(C)C)c1. The number of carbonyl (C=O) groups is 2. The van der Waals surface area contributed by atoms with Gasteiger partial charge in [-0.05, 0) is 46.1 Å². The minimum Gasteiger partial charge on any atom is -0.444 e. The molecule has 0 spiro atoms. The molecule has 2 amide bonds. The second-order valence-electron chi connectivity index (χ2n) is 6.65. The van der Waals surface area contributed by atoms with Crippen molar-refractivity contribution in [3.05, 3.63) is 35.4 Å². The third-order valence-corrected chi connectivity index (χ3v) is 3.04. The molecule has 0 aromatic heterocycles.